The van der Waals surface area contributed by atoms with Crippen LogP contribution in [0.25, 0.3) is 0 Å². The molecule has 0 saturated carbocycles. The van der Waals surface area contributed by atoms with Crippen molar-refractivity contribution >= 4 is 23.9 Å². The molecule has 7 heteroatoms. The summed E-state index contributed by atoms with van der Waals surface area (Å²) in [6.07, 6.45) is 12.0. The van der Waals surface area contributed by atoms with Crippen molar-refractivity contribution < 1.29 is 14.0 Å². The smallest absolute Gasteiger partial charge is 0.313 e. The molecule has 0 spiro atoms. The number of carbonyl (C=O) groups is 1. The number of nitrogens with one attached hydrogen (secondary N) is 2. The van der Waals surface area contributed by atoms with Crippen LogP contribution in [0.3, 0.4) is 0 Å². The van der Waals surface area contributed by atoms with Crippen LogP contribution in [0.1, 0.15) is 13.3 Å². The Balaban J connectivity index is 1.76. The first-order valence-electron chi connectivity index (χ1n) is 7.69. The predicted molar refractivity (Wildman–Crippen MR) is 86.6 cm³/mol. The van der Waals surface area contributed by atoms with Gasteiger partial charge in [-0.25, -0.2) is 4.99 Å². The van der Waals surface area contributed by atoms with E-state index >= 15 is 0 Å². The lowest BCUT2D eigenvalue weighted by Crippen LogP contribution is -2.61. The Bertz CT molecular complexity index is 724. The third-order valence-corrected chi connectivity index (χ3v) is 5.27. The van der Waals surface area contributed by atoms with E-state index in [9.17, 15) is 4.79 Å². The van der Waals surface area contributed by atoms with Gasteiger partial charge in [0.2, 0.25) is 10.8 Å². The third-order valence-electron chi connectivity index (χ3n) is 4.88. The topological polar surface area (TPSA) is 62.7 Å². The van der Waals surface area contributed by atoms with E-state index in [2.05, 4.69) is 15.6 Å². The highest BCUT2D eigenvalue weighted by atomic mass is 35.5. The molecule has 0 amide bonds. The lowest BCUT2D eigenvalue weighted by atomic mass is 9.83. The van der Waals surface area contributed by atoms with Crippen LogP contribution in [-0.2, 0) is 9.53 Å². The van der Waals surface area contributed by atoms with Crippen LogP contribution in [0.5, 0.6) is 0 Å². The Labute approximate surface area is 139 Å². The number of rotatable bonds is 2. The van der Waals surface area contributed by atoms with Gasteiger partial charge in [-0.3, -0.25) is 4.79 Å². The van der Waals surface area contributed by atoms with E-state index in [4.69, 9.17) is 16.3 Å². The molecular formula is C16H18ClN4O2+. The number of aliphatic imine (C=N–C) groups is 1. The van der Waals surface area contributed by atoms with E-state index in [1.54, 1.807) is 0 Å². The molecule has 0 aromatic carbocycles. The molecule has 0 fully saturated rings. The number of halogens is 1. The van der Waals surface area contributed by atoms with E-state index in [0.29, 0.717) is 29.2 Å². The second-order valence-corrected chi connectivity index (χ2v) is 6.37. The molecule has 0 aromatic rings. The Hall–Kier alpha value is -2.05. The first kappa shape index (κ1) is 14.5. The maximum Gasteiger partial charge on any atom is 0.313 e. The number of carbonyl (C=O) groups excluding carboxylic acids is 1. The van der Waals surface area contributed by atoms with Gasteiger partial charge in [0.25, 0.3) is 0 Å². The van der Waals surface area contributed by atoms with Crippen LogP contribution in [0.15, 0.2) is 52.2 Å². The molecule has 23 heavy (non-hydrogen) atoms. The van der Waals surface area contributed by atoms with Crippen molar-refractivity contribution in [2.24, 2.45) is 10.9 Å². The highest BCUT2D eigenvalue weighted by Gasteiger charge is 2.63. The average molecular weight is 334 g/mol. The molecule has 3 aliphatic heterocycles. The van der Waals surface area contributed by atoms with E-state index < -0.39 is 5.66 Å². The van der Waals surface area contributed by atoms with Gasteiger partial charge in [0.15, 0.2) is 6.34 Å². The van der Waals surface area contributed by atoms with Crippen LogP contribution >= 0.6 is 11.6 Å². The number of hydrogen-bond donors (Lipinski definition) is 2. The Morgan fingerprint density at radius 2 is 2.48 bits per heavy atom. The molecular weight excluding hydrogens is 316 g/mol. The number of quaternary nitrogens is 1. The molecule has 4 rings (SSSR count). The van der Waals surface area contributed by atoms with Gasteiger partial charge < -0.3 is 15.4 Å². The second-order valence-electron chi connectivity index (χ2n) is 5.98. The van der Waals surface area contributed by atoms with Gasteiger partial charge in [-0.05, 0) is 31.0 Å². The molecule has 0 aromatic heterocycles. The zero-order valence-electron chi connectivity index (χ0n) is 12.8. The fourth-order valence-corrected chi connectivity index (χ4v) is 4.03. The zero-order chi connectivity index (χ0) is 16.1. The average Bonchev–Trinajstić information content (AvgIpc) is 3.00. The van der Waals surface area contributed by atoms with Crippen LogP contribution in [0.2, 0.25) is 0 Å². The van der Waals surface area contributed by atoms with Crippen molar-refractivity contribution in [1.82, 2.24) is 10.6 Å². The molecule has 3 unspecified atom stereocenters. The molecule has 0 bridgehead atoms. The summed E-state index contributed by atoms with van der Waals surface area (Å²) in [5.74, 6) is -0.482. The first-order chi connectivity index (χ1) is 11.1. The van der Waals surface area contributed by atoms with Gasteiger partial charge in [0, 0.05) is 11.3 Å². The highest BCUT2D eigenvalue weighted by molar-refractivity contribution is 6.28. The van der Waals surface area contributed by atoms with Crippen LogP contribution in [-0.4, -0.2) is 35.6 Å². The van der Waals surface area contributed by atoms with Crippen molar-refractivity contribution in [3.63, 3.8) is 0 Å². The van der Waals surface area contributed by atoms with Gasteiger partial charge in [-0.1, -0.05) is 6.08 Å². The molecule has 1 aliphatic carbocycles. The minimum absolute atomic E-state index is 0.196. The van der Waals surface area contributed by atoms with Gasteiger partial charge >= 0.3 is 5.97 Å². The van der Waals surface area contributed by atoms with Crippen molar-refractivity contribution in [2.75, 3.05) is 13.2 Å². The zero-order valence-corrected chi connectivity index (χ0v) is 13.5. The molecule has 0 radical (unpaired) electrons. The molecule has 0 saturated heterocycles. The van der Waals surface area contributed by atoms with Crippen molar-refractivity contribution in [3.05, 3.63) is 47.2 Å². The van der Waals surface area contributed by atoms with Gasteiger partial charge in [0.1, 0.15) is 12.7 Å². The van der Waals surface area contributed by atoms with Crippen LogP contribution < -0.4 is 10.6 Å². The Morgan fingerprint density at radius 1 is 1.61 bits per heavy atom. The molecule has 3 atom stereocenters. The van der Waals surface area contributed by atoms with Crippen molar-refractivity contribution in [1.29, 1.82) is 0 Å². The number of ether oxygens (including phenoxy) is 1. The summed E-state index contributed by atoms with van der Waals surface area (Å²) in [6, 6.07) is 0. The van der Waals surface area contributed by atoms with E-state index in [-0.39, 0.29) is 11.9 Å². The van der Waals surface area contributed by atoms with Crippen LogP contribution in [0, 0.1) is 5.92 Å². The SMILES string of the molecule is CCOC(=O)C1C=CC2=C(C1)C13CN=C[N+]1(C=CN2)C(Cl)=CN3. The van der Waals surface area contributed by atoms with E-state index in [1.165, 1.54) is 0 Å². The fraction of sp³-hybridized carbons (Fsp3) is 0.375. The minimum atomic E-state index is -0.498. The summed E-state index contributed by atoms with van der Waals surface area (Å²) in [7, 11) is 0. The van der Waals surface area contributed by atoms with Gasteiger partial charge in [0.05, 0.1) is 24.9 Å². The first-order valence-corrected chi connectivity index (χ1v) is 8.07. The van der Waals surface area contributed by atoms with Crippen molar-refractivity contribution in [2.45, 2.75) is 19.0 Å². The number of allylic oxidation sites excluding steroid dienone is 1. The standard InChI is InChI=1S/C16H18ClN4O2/c1-2-23-15(22)11-3-4-13-12(7-11)16-9-18-10-21(16,6-5-19-13)14(17)8-20-16/h3-6,8,10-11,19-20H,2,7,9H2,1H3/q+1. The summed E-state index contributed by atoms with van der Waals surface area (Å²) in [6.45, 7) is 2.77. The van der Waals surface area contributed by atoms with Gasteiger partial charge in [-0.2, -0.15) is 4.48 Å². The van der Waals surface area contributed by atoms with Gasteiger partial charge in [-0.15, -0.1) is 0 Å². The summed E-state index contributed by atoms with van der Waals surface area (Å²) >= 11 is 6.49. The predicted octanol–water partition coefficient (Wildman–Crippen LogP) is 1.65. The number of hydrogen-bond acceptors (Lipinski definition) is 5. The maximum absolute atomic E-state index is 12.2. The molecule has 2 N–H and O–H groups in total. The molecule has 3 heterocycles. The lowest BCUT2D eigenvalue weighted by Gasteiger charge is -2.39. The number of esters is 1. The second kappa shape index (κ2) is 4.97. The monoisotopic (exact) mass is 333 g/mol. The Morgan fingerprint density at radius 3 is 3.30 bits per heavy atom. The quantitative estimate of drug-likeness (QED) is 0.458. The molecule has 120 valence electrons. The summed E-state index contributed by atoms with van der Waals surface area (Å²) in [5.41, 5.74) is 1.58. The largest absolute Gasteiger partial charge is 0.466 e. The third kappa shape index (κ3) is 1.79. The summed E-state index contributed by atoms with van der Waals surface area (Å²) in [4.78, 5) is 16.7. The molecule has 4 aliphatic rings. The molecule has 6 nitrogen and oxygen atoms in total. The normalized spacial score (nSPS) is 36.4. The van der Waals surface area contributed by atoms with E-state index in [0.717, 1.165) is 11.3 Å². The van der Waals surface area contributed by atoms with Crippen molar-refractivity contribution in [3.8, 4) is 0 Å². The summed E-state index contributed by atoms with van der Waals surface area (Å²) in [5, 5.41) is 7.38. The maximum atomic E-state index is 12.2. The fourth-order valence-electron chi connectivity index (χ4n) is 3.73. The van der Waals surface area contributed by atoms with Crippen LogP contribution in [0.4, 0.5) is 0 Å². The van der Waals surface area contributed by atoms with E-state index in [1.807, 2.05) is 44.0 Å². The Kier molecular flexibility index (Phi) is 3.14. The minimum Gasteiger partial charge on any atom is -0.466 e. The lowest BCUT2D eigenvalue weighted by molar-refractivity contribution is -0.775. The highest BCUT2D eigenvalue weighted by Crippen LogP contribution is 2.48. The number of nitrogens with zero attached hydrogens (tertiary/aromatic N) is 2. The summed E-state index contributed by atoms with van der Waals surface area (Å²) < 4.78 is 5.50.